The molecule has 2 N–H and O–H groups in total. The van der Waals surface area contributed by atoms with Crippen LogP contribution in [0.15, 0.2) is 24.3 Å². The zero-order valence-electron chi connectivity index (χ0n) is 11.7. The van der Waals surface area contributed by atoms with Gasteiger partial charge in [0.1, 0.15) is 0 Å². The van der Waals surface area contributed by atoms with Gasteiger partial charge >= 0.3 is 0 Å². The Balaban J connectivity index is 1.96. The summed E-state index contributed by atoms with van der Waals surface area (Å²) in [6.45, 7) is 3.78. The molecule has 0 atom stereocenters. The third kappa shape index (κ3) is 4.51. The highest BCUT2D eigenvalue weighted by Gasteiger charge is 2.18. The fourth-order valence-corrected chi connectivity index (χ4v) is 2.23. The molecule has 0 saturated carbocycles. The molecule has 7 heteroatoms. The van der Waals surface area contributed by atoms with E-state index in [9.17, 15) is 9.59 Å². The molecular weight excluding hydrogens is 290 g/mol. The predicted octanol–water partition coefficient (Wildman–Crippen LogP) is 0.992. The normalized spacial score (nSPS) is 14.4. The fraction of sp³-hybridized carbons (Fsp3) is 0.357. The summed E-state index contributed by atoms with van der Waals surface area (Å²) in [5.41, 5.74) is 1.33. The van der Waals surface area contributed by atoms with Crippen LogP contribution in [0.5, 0.6) is 0 Å². The molecule has 1 heterocycles. The van der Waals surface area contributed by atoms with E-state index in [1.54, 1.807) is 29.2 Å². The maximum absolute atomic E-state index is 12.2. The van der Waals surface area contributed by atoms with E-state index in [1.807, 2.05) is 0 Å². The lowest BCUT2D eigenvalue weighted by Gasteiger charge is -2.26. The summed E-state index contributed by atoms with van der Waals surface area (Å²) in [6.07, 6.45) is 0. The predicted molar refractivity (Wildman–Crippen MR) is 83.2 cm³/mol. The number of benzene rings is 1. The van der Waals surface area contributed by atoms with Crippen molar-refractivity contribution in [3.63, 3.8) is 0 Å². The van der Waals surface area contributed by atoms with E-state index >= 15 is 0 Å². The van der Waals surface area contributed by atoms with Gasteiger partial charge in [0.15, 0.2) is 5.11 Å². The van der Waals surface area contributed by atoms with Crippen molar-refractivity contribution in [3.8, 4) is 0 Å². The lowest BCUT2D eigenvalue weighted by molar-refractivity contribution is -0.117. The van der Waals surface area contributed by atoms with E-state index in [1.165, 1.54) is 6.92 Å². The summed E-state index contributed by atoms with van der Waals surface area (Å²) in [5.74, 6) is -0.235. The number of carbonyl (C=O) groups excluding carboxylic acids is 2. The van der Waals surface area contributed by atoms with Crippen molar-refractivity contribution in [2.45, 2.75) is 6.92 Å². The molecule has 0 radical (unpaired) electrons. The van der Waals surface area contributed by atoms with Crippen LogP contribution in [0.4, 0.5) is 5.69 Å². The van der Waals surface area contributed by atoms with E-state index in [4.69, 9.17) is 17.0 Å². The number of ether oxygens (including phenoxy) is 1. The number of morpholine rings is 1. The van der Waals surface area contributed by atoms with Gasteiger partial charge in [-0.2, -0.15) is 0 Å². The first-order chi connectivity index (χ1) is 10.1. The Hall–Kier alpha value is -1.99. The Morgan fingerprint density at radius 1 is 1.19 bits per heavy atom. The molecule has 1 aromatic carbocycles. The molecule has 112 valence electrons. The van der Waals surface area contributed by atoms with Crippen molar-refractivity contribution in [1.29, 1.82) is 0 Å². The Kier molecular flexibility index (Phi) is 5.24. The zero-order valence-corrected chi connectivity index (χ0v) is 12.5. The van der Waals surface area contributed by atoms with Crippen LogP contribution in [0.2, 0.25) is 0 Å². The number of hydrogen-bond donors (Lipinski definition) is 2. The van der Waals surface area contributed by atoms with Gasteiger partial charge in [-0.1, -0.05) is 0 Å². The van der Waals surface area contributed by atoms with Gasteiger partial charge < -0.3 is 20.3 Å². The van der Waals surface area contributed by atoms with E-state index in [2.05, 4.69) is 10.6 Å². The molecule has 0 unspecified atom stereocenters. The number of nitrogens with one attached hydrogen (secondary N) is 2. The van der Waals surface area contributed by atoms with Crippen LogP contribution in [0.25, 0.3) is 0 Å². The average Bonchev–Trinajstić information content (AvgIpc) is 2.47. The minimum absolute atomic E-state index is 0.00529. The number of rotatable bonds is 2. The molecule has 1 aromatic rings. The summed E-state index contributed by atoms with van der Waals surface area (Å²) in [7, 11) is 0. The number of hydrogen-bond acceptors (Lipinski definition) is 4. The minimum atomic E-state index is -0.230. The van der Waals surface area contributed by atoms with E-state index in [-0.39, 0.29) is 16.9 Å². The quantitative estimate of drug-likeness (QED) is 0.798. The largest absolute Gasteiger partial charge is 0.378 e. The van der Waals surface area contributed by atoms with Crippen molar-refractivity contribution >= 4 is 34.8 Å². The van der Waals surface area contributed by atoms with Crippen LogP contribution in [-0.4, -0.2) is 48.1 Å². The molecule has 0 aromatic heterocycles. The highest BCUT2D eigenvalue weighted by Crippen LogP contribution is 2.12. The number of thiocarbonyl (C=S) groups is 1. The van der Waals surface area contributed by atoms with Gasteiger partial charge in [0.05, 0.1) is 13.2 Å². The maximum atomic E-state index is 12.2. The lowest BCUT2D eigenvalue weighted by atomic mass is 10.1. The Bertz CT molecular complexity index is 539. The van der Waals surface area contributed by atoms with Crippen LogP contribution in [-0.2, 0) is 9.53 Å². The highest BCUT2D eigenvalue weighted by molar-refractivity contribution is 7.80. The van der Waals surface area contributed by atoms with Crippen LogP contribution in [0.3, 0.4) is 0 Å². The Morgan fingerprint density at radius 2 is 1.81 bits per heavy atom. The number of carbonyl (C=O) groups is 2. The van der Waals surface area contributed by atoms with Crippen LogP contribution >= 0.6 is 12.2 Å². The first-order valence-electron chi connectivity index (χ1n) is 6.62. The summed E-state index contributed by atoms with van der Waals surface area (Å²) >= 11 is 4.97. The molecule has 1 aliphatic heterocycles. The first kappa shape index (κ1) is 15.4. The standard InChI is InChI=1S/C14H17N3O3S/c1-10(18)15-14(21)16-12-4-2-11(3-5-12)13(19)17-6-8-20-9-7-17/h2-5H,6-9H2,1H3,(H2,15,16,18,21). The summed E-state index contributed by atoms with van der Waals surface area (Å²) in [6, 6.07) is 6.97. The number of nitrogens with zero attached hydrogens (tertiary/aromatic N) is 1. The molecule has 0 bridgehead atoms. The van der Waals surface area contributed by atoms with Gasteiger partial charge in [-0.05, 0) is 36.5 Å². The van der Waals surface area contributed by atoms with Gasteiger partial charge in [-0.15, -0.1) is 0 Å². The van der Waals surface area contributed by atoms with E-state index < -0.39 is 0 Å². The average molecular weight is 307 g/mol. The maximum Gasteiger partial charge on any atom is 0.254 e. The SMILES string of the molecule is CC(=O)NC(=S)Nc1ccc(C(=O)N2CCOCC2)cc1. The second-order valence-electron chi connectivity index (χ2n) is 4.62. The minimum Gasteiger partial charge on any atom is -0.378 e. The van der Waals surface area contributed by atoms with Gasteiger partial charge in [-0.25, -0.2) is 0 Å². The molecule has 6 nitrogen and oxygen atoms in total. The third-order valence-corrected chi connectivity index (χ3v) is 3.18. The molecule has 2 rings (SSSR count). The molecule has 1 aliphatic rings. The van der Waals surface area contributed by atoms with E-state index in [0.717, 1.165) is 0 Å². The van der Waals surface area contributed by atoms with Crippen molar-refractivity contribution in [2.24, 2.45) is 0 Å². The van der Waals surface area contributed by atoms with Gasteiger partial charge in [0, 0.05) is 31.3 Å². The van der Waals surface area contributed by atoms with Crippen molar-refractivity contribution in [1.82, 2.24) is 10.2 Å². The Morgan fingerprint density at radius 3 is 2.38 bits per heavy atom. The third-order valence-electron chi connectivity index (χ3n) is 2.98. The van der Waals surface area contributed by atoms with Crippen molar-refractivity contribution < 1.29 is 14.3 Å². The Labute approximate surface area is 128 Å². The molecule has 0 spiro atoms. The molecule has 2 amide bonds. The van der Waals surface area contributed by atoms with Gasteiger partial charge in [0.25, 0.3) is 5.91 Å². The van der Waals surface area contributed by atoms with Crippen molar-refractivity contribution in [3.05, 3.63) is 29.8 Å². The number of amides is 2. The number of anilines is 1. The monoisotopic (exact) mass is 307 g/mol. The first-order valence-corrected chi connectivity index (χ1v) is 7.03. The van der Waals surface area contributed by atoms with Crippen LogP contribution in [0, 0.1) is 0 Å². The molecule has 21 heavy (non-hydrogen) atoms. The molecule has 1 saturated heterocycles. The fourth-order valence-electron chi connectivity index (χ4n) is 1.97. The van der Waals surface area contributed by atoms with Crippen LogP contribution < -0.4 is 10.6 Å². The zero-order chi connectivity index (χ0) is 15.2. The second kappa shape index (κ2) is 7.14. The second-order valence-corrected chi connectivity index (χ2v) is 5.03. The molecule has 1 fully saturated rings. The topological polar surface area (TPSA) is 70.7 Å². The van der Waals surface area contributed by atoms with E-state index in [0.29, 0.717) is 37.6 Å². The lowest BCUT2D eigenvalue weighted by Crippen LogP contribution is -2.40. The van der Waals surface area contributed by atoms with Crippen molar-refractivity contribution in [2.75, 3.05) is 31.6 Å². The van der Waals surface area contributed by atoms with Gasteiger partial charge in [-0.3, -0.25) is 9.59 Å². The van der Waals surface area contributed by atoms with Crippen LogP contribution in [0.1, 0.15) is 17.3 Å². The summed E-state index contributed by atoms with van der Waals surface area (Å²) in [4.78, 5) is 24.9. The van der Waals surface area contributed by atoms with Gasteiger partial charge in [0.2, 0.25) is 5.91 Å². The highest BCUT2D eigenvalue weighted by atomic mass is 32.1. The molecule has 0 aliphatic carbocycles. The summed E-state index contributed by atoms with van der Waals surface area (Å²) < 4.78 is 5.23. The molecular formula is C14H17N3O3S. The summed E-state index contributed by atoms with van der Waals surface area (Å²) in [5, 5.41) is 5.58. The smallest absolute Gasteiger partial charge is 0.254 e.